The molecule has 29 heavy (non-hydrogen) atoms. The van der Waals surface area contributed by atoms with E-state index >= 15 is 0 Å². The van der Waals surface area contributed by atoms with E-state index in [1.54, 1.807) is 0 Å². The standard InChI is InChI=1S/C18H26N2O9/c1-6-7-8-14-13(15(23)20(29-14)10-28-12(3)22)9-18(16(24)26-4,17(25)27-5)19-11(2)21/h6-10H2,1-5H3,(H,19,21). The molecule has 0 spiro atoms. The predicted octanol–water partition coefficient (Wildman–Crippen LogP) is 0.0679. The molecule has 11 nitrogen and oxygen atoms in total. The van der Waals surface area contributed by atoms with Crippen LogP contribution in [0.25, 0.3) is 0 Å². The monoisotopic (exact) mass is 414 g/mol. The van der Waals surface area contributed by atoms with Crippen molar-refractivity contribution >= 4 is 23.8 Å². The zero-order valence-electron chi connectivity index (χ0n) is 17.2. The number of methoxy groups -OCH3 is 2. The zero-order chi connectivity index (χ0) is 22.2. The summed E-state index contributed by atoms with van der Waals surface area (Å²) in [5, 5.41) is 2.25. The van der Waals surface area contributed by atoms with Crippen LogP contribution < -0.4 is 10.9 Å². The highest BCUT2D eigenvalue weighted by Gasteiger charge is 2.51. The van der Waals surface area contributed by atoms with Crippen molar-refractivity contribution in [2.45, 2.75) is 58.7 Å². The third-order valence-electron chi connectivity index (χ3n) is 4.08. The summed E-state index contributed by atoms with van der Waals surface area (Å²) < 4.78 is 20.5. The molecule has 0 saturated heterocycles. The molecule has 1 amide bonds. The minimum Gasteiger partial charge on any atom is -0.467 e. The van der Waals surface area contributed by atoms with Crippen molar-refractivity contribution in [1.82, 2.24) is 10.1 Å². The normalized spacial score (nSPS) is 10.9. The second kappa shape index (κ2) is 10.4. The molecule has 1 rings (SSSR count). The van der Waals surface area contributed by atoms with Crippen LogP contribution in [0.1, 0.15) is 44.9 Å². The van der Waals surface area contributed by atoms with Crippen LogP contribution in [0.2, 0.25) is 0 Å². The molecule has 0 aliphatic heterocycles. The Morgan fingerprint density at radius 3 is 2.14 bits per heavy atom. The highest BCUT2D eigenvalue weighted by atomic mass is 16.6. The van der Waals surface area contributed by atoms with Gasteiger partial charge in [-0.25, -0.2) is 9.59 Å². The van der Waals surface area contributed by atoms with Gasteiger partial charge < -0.3 is 24.1 Å². The Hall–Kier alpha value is -3.11. The number of aromatic nitrogens is 1. The van der Waals surface area contributed by atoms with Crippen LogP contribution in [0.5, 0.6) is 0 Å². The summed E-state index contributed by atoms with van der Waals surface area (Å²) >= 11 is 0. The molecule has 0 aliphatic rings. The average Bonchev–Trinajstić information content (AvgIpc) is 2.97. The van der Waals surface area contributed by atoms with Gasteiger partial charge >= 0.3 is 17.9 Å². The van der Waals surface area contributed by atoms with E-state index < -0.39 is 48.1 Å². The molecule has 0 atom stereocenters. The quantitative estimate of drug-likeness (QED) is 0.319. The van der Waals surface area contributed by atoms with Gasteiger partial charge in [0, 0.05) is 26.7 Å². The van der Waals surface area contributed by atoms with Gasteiger partial charge in [-0.05, 0) is 6.42 Å². The Labute approximate surface area is 167 Å². The van der Waals surface area contributed by atoms with Gasteiger partial charge in [0.2, 0.25) is 18.2 Å². The summed E-state index contributed by atoms with van der Waals surface area (Å²) in [6.45, 7) is 3.73. The number of unbranched alkanes of at least 4 members (excludes halogenated alkanes) is 1. The third kappa shape index (κ3) is 5.69. The van der Waals surface area contributed by atoms with Crippen molar-refractivity contribution in [2.75, 3.05) is 14.2 Å². The van der Waals surface area contributed by atoms with Gasteiger partial charge in [0.05, 0.1) is 19.8 Å². The van der Waals surface area contributed by atoms with E-state index in [0.717, 1.165) is 32.3 Å². The Morgan fingerprint density at radius 2 is 1.69 bits per heavy atom. The van der Waals surface area contributed by atoms with Crippen LogP contribution in [0.3, 0.4) is 0 Å². The lowest BCUT2D eigenvalue weighted by molar-refractivity contribution is -0.165. The molecule has 1 aromatic rings. The van der Waals surface area contributed by atoms with Gasteiger partial charge in [0.15, 0.2) is 0 Å². The highest BCUT2D eigenvalue weighted by Crippen LogP contribution is 2.21. The Morgan fingerprint density at radius 1 is 1.10 bits per heavy atom. The second-order valence-corrected chi connectivity index (χ2v) is 6.29. The molecule has 0 aromatic carbocycles. The molecule has 0 saturated carbocycles. The van der Waals surface area contributed by atoms with E-state index in [4.69, 9.17) is 18.7 Å². The van der Waals surface area contributed by atoms with Gasteiger partial charge in [-0.1, -0.05) is 13.3 Å². The van der Waals surface area contributed by atoms with Gasteiger partial charge in [-0.3, -0.25) is 14.4 Å². The van der Waals surface area contributed by atoms with Gasteiger partial charge in [0.25, 0.3) is 5.56 Å². The first-order valence-electron chi connectivity index (χ1n) is 8.93. The maximum absolute atomic E-state index is 12.8. The molecule has 0 aliphatic carbocycles. The number of amides is 1. The molecule has 1 aromatic heterocycles. The molecular weight excluding hydrogens is 388 g/mol. The predicted molar refractivity (Wildman–Crippen MR) is 97.6 cm³/mol. The van der Waals surface area contributed by atoms with Crippen LogP contribution in [0, 0.1) is 0 Å². The second-order valence-electron chi connectivity index (χ2n) is 6.29. The van der Waals surface area contributed by atoms with Crippen molar-refractivity contribution < 1.29 is 37.9 Å². The van der Waals surface area contributed by atoms with E-state index in [-0.39, 0.29) is 11.3 Å². The average molecular weight is 414 g/mol. The van der Waals surface area contributed by atoms with Gasteiger partial charge in [-0.15, -0.1) is 4.74 Å². The molecule has 1 N–H and O–H groups in total. The summed E-state index contributed by atoms with van der Waals surface area (Å²) in [5.41, 5.74) is -3.02. The van der Waals surface area contributed by atoms with E-state index in [1.165, 1.54) is 6.92 Å². The van der Waals surface area contributed by atoms with E-state index in [2.05, 4.69) is 5.32 Å². The third-order valence-corrected chi connectivity index (χ3v) is 4.08. The Bertz CT molecular complexity index is 806. The molecule has 0 bridgehead atoms. The van der Waals surface area contributed by atoms with Gasteiger partial charge in [0.1, 0.15) is 5.76 Å². The largest absolute Gasteiger partial charge is 0.467 e. The lowest BCUT2D eigenvalue weighted by atomic mass is 9.89. The zero-order valence-corrected chi connectivity index (χ0v) is 17.2. The fraction of sp³-hybridized carbons (Fsp3) is 0.611. The molecule has 0 fully saturated rings. The van der Waals surface area contributed by atoms with Crippen molar-refractivity contribution in [3.8, 4) is 0 Å². The summed E-state index contributed by atoms with van der Waals surface area (Å²) in [6.07, 6.45) is 1.20. The number of nitrogens with one attached hydrogen (secondary N) is 1. The SMILES string of the molecule is CCCCc1on(COC(C)=O)c(=O)c1CC(NC(C)=O)(C(=O)OC)C(=O)OC. The van der Waals surface area contributed by atoms with Crippen LogP contribution in [0.15, 0.2) is 9.32 Å². The smallest absolute Gasteiger partial charge is 0.343 e. The summed E-state index contributed by atoms with van der Waals surface area (Å²) in [7, 11) is 2.07. The minimum absolute atomic E-state index is 0.0323. The van der Waals surface area contributed by atoms with Crippen LogP contribution in [-0.2, 0) is 53.0 Å². The fourth-order valence-electron chi connectivity index (χ4n) is 2.73. The van der Waals surface area contributed by atoms with E-state index in [0.29, 0.717) is 12.8 Å². The number of esters is 3. The summed E-state index contributed by atoms with van der Waals surface area (Å²) in [5.74, 6) is -3.34. The molecule has 11 heteroatoms. The topological polar surface area (TPSA) is 143 Å². The maximum atomic E-state index is 12.8. The van der Waals surface area contributed by atoms with Crippen molar-refractivity contribution in [3.63, 3.8) is 0 Å². The number of hydrogen-bond acceptors (Lipinski definition) is 9. The van der Waals surface area contributed by atoms with Crippen LogP contribution in [-0.4, -0.2) is 48.3 Å². The van der Waals surface area contributed by atoms with E-state index in [9.17, 15) is 24.0 Å². The van der Waals surface area contributed by atoms with Crippen LogP contribution in [0.4, 0.5) is 0 Å². The van der Waals surface area contributed by atoms with Crippen molar-refractivity contribution in [3.05, 3.63) is 21.7 Å². The number of hydrogen-bond donors (Lipinski definition) is 1. The number of carbonyl (C=O) groups excluding carboxylic acids is 4. The van der Waals surface area contributed by atoms with E-state index in [1.807, 2.05) is 6.92 Å². The number of carbonyl (C=O) groups is 4. The van der Waals surface area contributed by atoms with Crippen LogP contribution >= 0.6 is 0 Å². The highest BCUT2D eigenvalue weighted by molar-refractivity contribution is 6.08. The molecule has 0 radical (unpaired) electrons. The van der Waals surface area contributed by atoms with Crippen molar-refractivity contribution in [1.29, 1.82) is 0 Å². The number of nitrogens with zero attached hydrogens (tertiary/aromatic N) is 1. The summed E-state index contributed by atoms with van der Waals surface area (Å²) in [4.78, 5) is 60.6. The number of rotatable bonds is 10. The maximum Gasteiger partial charge on any atom is 0.343 e. The number of ether oxygens (including phenoxy) is 3. The minimum atomic E-state index is -2.28. The molecule has 1 heterocycles. The Kier molecular flexibility index (Phi) is 8.61. The Balaban J connectivity index is 3.54. The fourth-order valence-corrected chi connectivity index (χ4v) is 2.73. The lowest BCUT2D eigenvalue weighted by Gasteiger charge is -2.28. The molecular formula is C18H26N2O9. The van der Waals surface area contributed by atoms with Gasteiger partial charge in [-0.2, -0.15) is 0 Å². The first-order valence-corrected chi connectivity index (χ1v) is 8.93. The molecule has 0 unspecified atom stereocenters. The lowest BCUT2D eigenvalue weighted by Crippen LogP contribution is -2.62. The first kappa shape index (κ1) is 23.9. The summed E-state index contributed by atoms with van der Waals surface area (Å²) in [6, 6.07) is 0. The molecule has 162 valence electrons. The van der Waals surface area contributed by atoms with Crippen molar-refractivity contribution in [2.24, 2.45) is 0 Å². The number of aryl methyl sites for hydroxylation is 1. The first-order chi connectivity index (χ1) is 13.6.